The number of thiocarbonyl (C=S) groups is 1. The first-order valence-electron chi connectivity index (χ1n) is 3.02. The third-order valence-electron chi connectivity index (χ3n) is 1.05. The van der Waals surface area contributed by atoms with E-state index in [1.807, 2.05) is 27.0 Å². The number of ketones is 1. The zero-order valence-corrected chi connectivity index (χ0v) is 8.36. The van der Waals surface area contributed by atoms with Gasteiger partial charge in [-0.25, -0.2) is 0 Å². The number of hydrogen-bond acceptors (Lipinski definition) is 3. The molecule has 0 spiro atoms. The van der Waals surface area contributed by atoms with Gasteiger partial charge in [0.25, 0.3) is 0 Å². The molecule has 0 aromatic carbocycles. The van der Waals surface area contributed by atoms with Gasteiger partial charge in [-0.3, -0.25) is 4.79 Å². The van der Waals surface area contributed by atoms with Crippen LogP contribution in [0.1, 0.15) is 20.8 Å². The molecule has 0 amide bonds. The van der Waals surface area contributed by atoms with Gasteiger partial charge in [0.2, 0.25) is 0 Å². The van der Waals surface area contributed by atoms with Gasteiger partial charge in [0.05, 0.1) is 0 Å². The van der Waals surface area contributed by atoms with E-state index in [4.69, 9.17) is 12.2 Å². The Balaban J connectivity index is 4.24. The minimum Gasteiger partial charge on any atom is -0.292 e. The maximum atomic E-state index is 11.2. The monoisotopic (exact) mass is 176 g/mol. The Hall–Kier alpha value is 0.110. The fourth-order valence-electron chi connectivity index (χ4n) is 0.399. The van der Waals surface area contributed by atoms with Crippen molar-refractivity contribution in [2.45, 2.75) is 20.8 Å². The normalized spacial score (nSPS) is 11.2. The Morgan fingerprint density at radius 3 is 1.90 bits per heavy atom. The molecule has 0 fully saturated rings. The zero-order chi connectivity index (χ0) is 8.36. The molecule has 0 radical (unpaired) electrons. The van der Waals surface area contributed by atoms with Crippen LogP contribution in [-0.4, -0.2) is 16.2 Å². The Kier molecular flexibility index (Phi) is 3.52. The summed E-state index contributed by atoms with van der Waals surface area (Å²) >= 11 is 6.18. The van der Waals surface area contributed by atoms with Gasteiger partial charge in [-0.15, -0.1) is 11.8 Å². The van der Waals surface area contributed by atoms with Gasteiger partial charge in [-0.05, 0) is 6.26 Å². The Labute approximate surface area is 71.6 Å². The van der Waals surface area contributed by atoms with Crippen LogP contribution in [0.25, 0.3) is 0 Å². The summed E-state index contributed by atoms with van der Waals surface area (Å²) < 4.78 is 0.479. The van der Waals surface area contributed by atoms with Gasteiger partial charge in [-0.1, -0.05) is 33.0 Å². The van der Waals surface area contributed by atoms with Crippen LogP contribution < -0.4 is 0 Å². The molecule has 0 aromatic rings. The minimum absolute atomic E-state index is 0.0648. The van der Waals surface area contributed by atoms with E-state index in [2.05, 4.69) is 0 Å². The van der Waals surface area contributed by atoms with Crippen molar-refractivity contribution in [3.63, 3.8) is 0 Å². The van der Waals surface area contributed by atoms with Crippen molar-refractivity contribution in [1.82, 2.24) is 0 Å². The summed E-state index contributed by atoms with van der Waals surface area (Å²) in [7, 11) is 0. The van der Waals surface area contributed by atoms with Crippen molar-refractivity contribution < 1.29 is 4.79 Å². The fraction of sp³-hybridized carbons (Fsp3) is 0.714. The van der Waals surface area contributed by atoms with Crippen LogP contribution in [0.3, 0.4) is 0 Å². The van der Waals surface area contributed by atoms with Crippen LogP contribution in [0, 0.1) is 5.41 Å². The van der Waals surface area contributed by atoms with Crippen LogP contribution >= 0.6 is 24.0 Å². The second kappa shape index (κ2) is 3.49. The lowest BCUT2D eigenvalue weighted by molar-refractivity contribution is -0.119. The molecule has 0 aliphatic rings. The summed E-state index contributed by atoms with van der Waals surface area (Å²) in [6, 6.07) is 0. The number of carbonyl (C=O) groups is 1. The number of carbonyl (C=O) groups excluding carboxylic acids is 1. The summed E-state index contributed by atoms with van der Waals surface area (Å²) in [6.07, 6.45) is 1.83. The average molecular weight is 176 g/mol. The lowest BCUT2D eigenvalue weighted by Gasteiger charge is -2.15. The molecule has 58 valence electrons. The number of hydrogen-bond donors (Lipinski definition) is 0. The van der Waals surface area contributed by atoms with Gasteiger partial charge in [0, 0.05) is 5.41 Å². The standard InChI is InChI=1S/C7H12OS2/c1-7(2,3)5(8)6(9)10-4/h1-4H3. The van der Waals surface area contributed by atoms with Gasteiger partial charge in [0.15, 0.2) is 5.78 Å². The molecule has 0 N–H and O–H groups in total. The molecule has 0 aliphatic heterocycles. The molecule has 0 saturated heterocycles. The predicted molar refractivity (Wildman–Crippen MR) is 50.6 cm³/mol. The van der Waals surface area contributed by atoms with Crippen molar-refractivity contribution >= 4 is 34.0 Å². The van der Waals surface area contributed by atoms with E-state index in [0.717, 1.165) is 0 Å². The van der Waals surface area contributed by atoms with E-state index in [1.165, 1.54) is 11.8 Å². The number of thioether (sulfide) groups is 1. The van der Waals surface area contributed by atoms with Crippen molar-refractivity contribution in [3.05, 3.63) is 0 Å². The molecule has 0 aliphatic carbocycles. The summed E-state index contributed by atoms with van der Waals surface area (Å²) in [6.45, 7) is 5.62. The first kappa shape index (κ1) is 10.1. The largest absolute Gasteiger partial charge is 0.292 e. The molecule has 0 aromatic heterocycles. The Morgan fingerprint density at radius 2 is 1.80 bits per heavy atom. The maximum absolute atomic E-state index is 11.2. The molecule has 0 bridgehead atoms. The van der Waals surface area contributed by atoms with Crippen LogP contribution in [0.2, 0.25) is 0 Å². The predicted octanol–water partition coefficient (Wildman–Crippen LogP) is 2.29. The highest BCUT2D eigenvalue weighted by molar-refractivity contribution is 8.24. The summed E-state index contributed by atoms with van der Waals surface area (Å²) in [4.78, 5) is 11.2. The van der Waals surface area contributed by atoms with E-state index in [-0.39, 0.29) is 11.2 Å². The van der Waals surface area contributed by atoms with Gasteiger partial charge in [-0.2, -0.15) is 0 Å². The summed E-state index contributed by atoms with van der Waals surface area (Å²) in [5.41, 5.74) is -0.319. The summed E-state index contributed by atoms with van der Waals surface area (Å²) in [5.74, 6) is 0.0648. The summed E-state index contributed by atoms with van der Waals surface area (Å²) in [5, 5.41) is 0. The minimum atomic E-state index is -0.319. The van der Waals surface area contributed by atoms with E-state index >= 15 is 0 Å². The Bertz CT molecular complexity index is 155. The van der Waals surface area contributed by atoms with Gasteiger partial charge in [0.1, 0.15) is 4.20 Å². The molecule has 3 heteroatoms. The molecule has 0 heterocycles. The number of Topliss-reactive ketones (excluding diaryl/α,β-unsaturated/α-hetero) is 1. The van der Waals surface area contributed by atoms with Gasteiger partial charge < -0.3 is 0 Å². The highest BCUT2D eigenvalue weighted by Gasteiger charge is 2.24. The SMILES string of the molecule is CSC(=S)C(=O)C(C)(C)C. The first-order valence-corrected chi connectivity index (χ1v) is 4.65. The maximum Gasteiger partial charge on any atom is 0.185 e. The van der Waals surface area contributed by atoms with Crippen molar-refractivity contribution in [2.24, 2.45) is 5.41 Å². The molecule has 0 saturated carbocycles. The first-order chi connectivity index (χ1) is 4.39. The topological polar surface area (TPSA) is 17.1 Å². The zero-order valence-electron chi connectivity index (χ0n) is 6.72. The highest BCUT2D eigenvalue weighted by Crippen LogP contribution is 2.18. The quantitative estimate of drug-likeness (QED) is 0.571. The molecule has 10 heavy (non-hydrogen) atoms. The van der Waals surface area contributed by atoms with Crippen molar-refractivity contribution in [2.75, 3.05) is 6.26 Å². The molecule has 0 atom stereocenters. The molecule has 0 unspecified atom stereocenters. The fourth-order valence-corrected chi connectivity index (χ4v) is 1.20. The molecular weight excluding hydrogens is 164 g/mol. The lowest BCUT2D eigenvalue weighted by atomic mass is 9.92. The van der Waals surface area contributed by atoms with E-state index < -0.39 is 0 Å². The Morgan fingerprint density at radius 1 is 1.40 bits per heavy atom. The van der Waals surface area contributed by atoms with Crippen LogP contribution in [-0.2, 0) is 4.79 Å². The van der Waals surface area contributed by atoms with Crippen molar-refractivity contribution in [1.29, 1.82) is 0 Å². The second-order valence-corrected chi connectivity index (χ2v) is 4.55. The average Bonchev–Trinajstić information content (AvgIpc) is 1.83. The number of rotatable bonds is 1. The van der Waals surface area contributed by atoms with E-state index in [0.29, 0.717) is 4.20 Å². The third-order valence-corrected chi connectivity index (χ3v) is 2.29. The highest BCUT2D eigenvalue weighted by atomic mass is 32.2. The van der Waals surface area contributed by atoms with Crippen LogP contribution in [0.15, 0.2) is 0 Å². The lowest BCUT2D eigenvalue weighted by Crippen LogP contribution is -2.25. The van der Waals surface area contributed by atoms with Crippen LogP contribution in [0.4, 0.5) is 0 Å². The molecule has 1 nitrogen and oxygen atoms in total. The van der Waals surface area contributed by atoms with Crippen molar-refractivity contribution in [3.8, 4) is 0 Å². The van der Waals surface area contributed by atoms with E-state index in [9.17, 15) is 4.79 Å². The second-order valence-electron chi connectivity index (χ2n) is 3.07. The third kappa shape index (κ3) is 2.80. The smallest absolute Gasteiger partial charge is 0.185 e. The molecule has 0 rings (SSSR count). The van der Waals surface area contributed by atoms with Crippen LogP contribution in [0.5, 0.6) is 0 Å². The van der Waals surface area contributed by atoms with Gasteiger partial charge >= 0.3 is 0 Å². The van der Waals surface area contributed by atoms with E-state index in [1.54, 1.807) is 0 Å². The molecular formula is C7H12OS2.